The van der Waals surface area contributed by atoms with E-state index >= 15 is 0 Å². The van der Waals surface area contributed by atoms with Crippen molar-refractivity contribution in [3.63, 3.8) is 0 Å². The van der Waals surface area contributed by atoms with Gasteiger partial charge in [-0.3, -0.25) is 4.79 Å². The van der Waals surface area contributed by atoms with Crippen molar-refractivity contribution < 1.29 is 13.2 Å². The molecule has 7 nitrogen and oxygen atoms in total. The summed E-state index contributed by atoms with van der Waals surface area (Å²) in [7, 11) is -3.63. The molecule has 196 valence electrons. The molecule has 0 saturated carbocycles. The molecule has 2 aliphatic rings. The van der Waals surface area contributed by atoms with Crippen LogP contribution in [-0.2, 0) is 23.0 Å². The van der Waals surface area contributed by atoms with Gasteiger partial charge in [0.25, 0.3) is 5.91 Å². The zero-order valence-electron chi connectivity index (χ0n) is 21.6. The minimum Gasteiger partial charge on any atom is -0.345 e. The Bertz CT molecular complexity index is 1580. The van der Waals surface area contributed by atoms with Gasteiger partial charge in [-0.1, -0.05) is 35.6 Å². The number of aryl methyl sites for hydroxylation is 2. The summed E-state index contributed by atoms with van der Waals surface area (Å²) in [5, 5.41) is 0.993. The average Bonchev–Trinajstić information content (AvgIpc) is 3.35. The van der Waals surface area contributed by atoms with Crippen molar-refractivity contribution in [3.05, 3.63) is 88.5 Å². The molecule has 0 spiro atoms. The summed E-state index contributed by atoms with van der Waals surface area (Å²) >= 11 is 1.69. The third-order valence-electron chi connectivity index (χ3n) is 7.66. The van der Waals surface area contributed by atoms with Crippen molar-refractivity contribution >= 4 is 42.6 Å². The van der Waals surface area contributed by atoms with Gasteiger partial charge in [-0.25, -0.2) is 13.4 Å². The standard InChI is InChI=1S/C29H30N4O3S2/c1-20-17-26-27(18-21(20)2)37-29(30-26)32-15-13-31(14-16-32)28(34)23-7-9-25(10-8-23)38(35,36)33-12-11-22-5-3-4-6-24(22)19-33/h3-10,17-18H,11-16,19H2,1-2H3. The number of thiazole rings is 1. The molecule has 1 fully saturated rings. The lowest BCUT2D eigenvalue weighted by molar-refractivity contribution is 0.0746. The maximum atomic E-state index is 13.3. The largest absolute Gasteiger partial charge is 0.345 e. The molecule has 3 aromatic carbocycles. The Balaban J connectivity index is 1.11. The van der Waals surface area contributed by atoms with Gasteiger partial charge in [-0.15, -0.1) is 0 Å². The topological polar surface area (TPSA) is 73.8 Å². The van der Waals surface area contributed by atoms with E-state index in [0.717, 1.165) is 16.2 Å². The first kappa shape index (κ1) is 25.0. The van der Waals surface area contributed by atoms with Crippen LogP contribution in [0.15, 0.2) is 65.6 Å². The first-order chi connectivity index (χ1) is 18.3. The second-order valence-corrected chi connectivity index (χ2v) is 13.0. The molecule has 38 heavy (non-hydrogen) atoms. The fourth-order valence-corrected chi connectivity index (χ4v) is 7.70. The van der Waals surface area contributed by atoms with E-state index in [1.54, 1.807) is 35.6 Å². The number of benzene rings is 3. The van der Waals surface area contributed by atoms with Crippen LogP contribution in [0.5, 0.6) is 0 Å². The monoisotopic (exact) mass is 546 g/mol. The number of anilines is 1. The molecule has 2 aliphatic heterocycles. The van der Waals surface area contributed by atoms with Gasteiger partial charge in [-0.2, -0.15) is 4.31 Å². The van der Waals surface area contributed by atoms with E-state index in [-0.39, 0.29) is 10.8 Å². The van der Waals surface area contributed by atoms with Gasteiger partial charge in [0, 0.05) is 44.8 Å². The number of aromatic nitrogens is 1. The van der Waals surface area contributed by atoms with Crippen molar-refractivity contribution in [3.8, 4) is 0 Å². The summed E-state index contributed by atoms with van der Waals surface area (Å²) in [5.74, 6) is -0.0731. The maximum Gasteiger partial charge on any atom is 0.253 e. The minimum atomic E-state index is -3.63. The van der Waals surface area contributed by atoms with Crippen molar-refractivity contribution in [2.45, 2.75) is 31.7 Å². The molecule has 0 unspecified atom stereocenters. The zero-order chi connectivity index (χ0) is 26.4. The summed E-state index contributed by atoms with van der Waals surface area (Å²) in [6.07, 6.45) is 0.703. The van der Waals surface area contributed by atoms with Gasteiger partial charge >= 0.3 is 0 Å². The number of hydrogen-bond donors (Lipinski definition) is 0. The van der Waals surface area contributed by atoms with E-state index in [1.807, 2.05) is 23.1 Å². The van der Waals surface area contributed by atoms with Gasteiger partial charge in [0.15, 0.2) is 5.13 Å². The van der Waals surface area contributed by atoms with Gasteiger partial charge in [0.1, 0.15) is 0 Å². The molecule has 0 N–H and O–H groups in total. The molecule has 0 atom stereocenters. The Morgan fingerprint density at radius 2 is 1.55 bits per heavy atom. The van der Waals surface area contributed by atoms with Crippen molar-refractivity contribution in [1.29, 1.82) is 0 Å². The molecule has 0 aliphatic carbocycles. The highest BCUT2D eigenvalue weighted by molar-refractivity contribution is 7.89. The van der Waals surface area contributed by atoms with Crippen LogP contribution >= 0.6 is 11.3 Å². The SMILES string of the molecule is Cc1cc2nc(N3CCN(C(=O)c4ccc(S(=O)(=O)N5CCc6ccccc6C5)cc4)CC3)sc2cc1C. The maximum absolute atomic E-state index is 13.3. The Kier molecular flexibility index (Phi) is 6.45. The van der Waals surface area contributed by atoms with Gasteiger partial charge in [0.2, 0.25) is 10.0 Å². The number of nitrogens with zero attached hydrogens (tertiary/aromatic N) is 4. The number of carbonyl (C=O) groups is 1. The predicted octanol–water partition coefficient (Wildman–Crippen LogP) is 4.62. The number of fused-ring (bicyclic) bond motifs is 2. The van der Waals surface area contributed by atoms with Crippen molar-refractivity contribution in [1.82, 2.24) is 14.2 Å². The van der Waals surface area contributed by atoms with Crippen LogP contribution in [0.2, 0.25) is 0 Å². The molecule has 0 bridgehead atoms. The average molecular weight is 547 g/mol. The Labute approximate surface area is 227 Å². The quantitative estimate of drug-likeness (QED) is 0.373. The third-order valence-corrected chi connectivity index (χ3v) is 10.6. The molecule has 0 radical (unpaired) electrons. The summed E-state index contributed by atoms with van der Waals surface area (Å²) < 4.78 is 29.3. The lowest BCUT2D eigenvalue weighted by atomic mass is 10.0. The lowest BCUT2D eigenvalue weighted by Gasteiger charge is -2.34. The van der Waals surface area contributed by atoms with Crippen LogP contribution in [0.25, 0.3) is 10.2 Å². The fraction of sp³-hybridized carbons (Fsp3) is 0.310. The van der Waals surface area contributed by atoms with E-state index in [4.69, 9.17) is 4.98 Å². The van der Waals surface area contributed by atoms with Crippen LogP contribution in [0.1, 0.15) is 32.6 Å². The molecule has 6 rings (SSSR count). The first-order valence-corrected chi connectivity index (χ1v) is 15.1. The Hall–Kier alpha value is -3.27. The second kappa shape index (κ2) is 9.80. The highest BCUT2D eigenvalue weighted by Crippen LogP contribution is 2.31. The van der Waals surface area contributed by atoms with Gasteiger partial charge in [-0.05, 0) is 78.9 Å². The van der Waals surface area contributed by atoms with Crippen molar-refractivity contribution in [2.24, 2.45) is 0 Å². The molecule has 1 saturated heterocycles. The van der Waals surface area contributed by atoms with E-state index in [9.17, 15) is 13.2 Å². The van der Waals surface area contributed by atoms with Gasteiger partial charge < -0.3 is 9.80 Å². The number of piperazine rings is 1. The molecule has 4 aromatic rings. The molecule has 9 heteroatoms. The fourth-order valence-electron chi connectivity index (χ4n) is 5.18. The van der Waals surface area contributed by atoms with E-state index in [1.165, 1.54) is 25.7 Å². The minimum absolute atomic E-state index is 0.0731. The normalized spacial score (nSPS) is 16.6. The summed E-state index contributed by atoms with van der Waals surface area (Å²) in [4.78, 5) is 22.3. The molecule has 3 heterocycles. The molecular formula is C29H30N4O3S2. The van der Waals surface area contributed by atoms with Crippen LogP contribution < -0.4 is 4.90 Å². The van der Waals surface area contributed by atoms with Crippen LogP contribution in [0.4, 0.5) is 5.13 Å². The molecule has 1 amide bonds. The summed E-state index contributed by atoms with van der Waals surface area (Å²) in [5.41, 5.74) is 6.29. The first-order valence-electron chi connectivity index (χ1n) is 12.9. The number of carbonyl (C=O) groups excluding carboxylic acids is 1. The van der Waals surface area contributed by atoms with Crippen LogP contribution in [0, 0.1) is 13.8 Å². The third kappa shape index (κ3) is 4.59. The van der Waals surface area contributed by atoms with E-state index in [2.05, 4.69) is 36.9 Å². The summed E-state index contributed by atoms with van der Waals surface area (Å²) in [6, 6.07) is 18.7. The summed E-state index contributed by atoms with van der Waals surface area (Å²) in [6.45, 7) is 7.68. The Morgan fingerprint density at radius 1 is 0.868 bits per heavy atom. The van der Waals surface area contributed by atoms with Crippen molar-refractivity contribution in [2.75, 3.05) is 37.6 Å². The lowest BCUT2D eigenvalue weighted by Crippen LogP contribution is -2.48. The van der Waals surface area contributed by atoms with Crippen LogP contribution in [-0.4, -0.2) is 61.2 Å². The highest BCUT2D eigenvalue weighted by atomic mass is 32.2. The highest BCUT2D eigenvalue weighted by Gasteiger charge is 2.29. The van der Waals surface area contributed by atoms with E-state index in [0.29, 0.717) is 51.3 Å². The molecular weight excluding hydrogens is 516 g/mol. The Morgan fingerprint density at radius 3 is 2.29 bits per heavy atom. The number of sulfonamides is 1. The zero-order valence-corrected chi connectivity index (χ0v) is 23.2. The molecule has 1 aromatic heterocycles. The van der Waals surface area contributed by atoms with E-state index < -0.39 is 10.0 Å². The second-order valence-electron chi connectivity index (χ2n) is 10.1. The number of amides is 1. The predicted molar refractivity (Wildman–Crippen MR) is 151 cm³/mol. The smallest absolute Gasteiger partial charge is 0.253 e. The number of rotatable bonds is 4. The number of hydrogen-bond acceptors (Lipinski definition) is 6. The van der Waals surface area contributed by atoms with Gasteiger partial charge in [0.05, 0.1) is 15.1 Å². The van der Waals surface area contributed by atoms with Crippen LogP contribution in [0.3, 0.4) is 0 Å².